The van der Waals surface area contributed by atoms with Crippen LogP contribution in [0.4, 0.5) is 0 Å². The van der Waals surface area contributed by atoms with Gasteiger partial charge in [0.05, 0.1) is 16.1 Å². The highest BCUT2D eigenvalue weighted by atomic mass is 79.9. The molecule has 102 valence electrons. The van der Waals surface area contributed by atoms with Crippen molar-refractivity contribution in [3.05, 3.63) is 57.1 Å². The Hall–Kier alpha value is -1.50. The number of nitriles is 1. The minimum absolute atomic E-state index is 0.466. The molecule has 0 bridgehead atoms. The van der Waals surface area contributed by atoms with Gasteiger partial charge in [0.2, 0.25) is 0 Å². The molecule has 0 spiro atoms. The Balaban J connectivity index is 2.38. The summed E-state index contributed by atoms with van der Waals surface area (Å²) in [6.07, 6.45) is 0. The molecule has 0 N–H and O–H groups in total. The fourth-order valence-corrected chi connectivity index (χ4v) is 2.67. The SMILES string of the molecule is Cc1cc(C#N)cc(C)c1Oc1ccc(CCl)cc1Br. The summed E-state index contributed by atoms with van der Waals surface area (Å²) >= 11 is 9.29. The second-order valence-electron chi connectivity index (χ2n) is 4.55. The number of alkyl halides is 1. The van der Waals surface area contributed by atoms with E-state index in [-0.39, 0.29) is 0 Å². The fourth-order valence-electron chi connectivity index (χ4n) is 2.00. The number of rotatable bonds is 3. The van der Waals surface area contributed by atoms with Gasteiger partial charge >= 0.3 is 0 Å². The Kier molecular flexibility index (Phi) is 4.69. The quantitative estimate of drug-likeness (QED) is 0.688. The third-order valence-corrected chi connectivity index (χ3v) is 3.88. The van der Waals surface area contributed by atoms with E-state index in [2.05, 4.69) is 22.0 Å². The van der Waals surface area contributed by atoms with E-state index in [0.29, 0.717) is 11.4 Å². The predicted molar refractivity (Wildman–Crippen MR) is 84.4 cm³/mol. The highest BCUT2D eigenvalue weighted by Crippen LogP contribution is 2.34. The van der Waals surface area contributed by atoms with Crippen LogP contribution in [0.5, 0.6) is 11.5 Å². The monoisotopic (exact) mass is 349 g/mol. The molecule has 4 heteroatoms. The second-order valence-corrected chi connectivity index (χ2v) is 5.67. The lowest BCUT2D eigenvalue weighted by Crippen LogP contribution is -1.94. The van der Waals surface area contributed by atoms with Crippen molar-refractivity contribution in [1.82, 2.24) is 0 Å². The van der Waals surface area contributed by atoms with Crippen molar-refractivity contribution in [1.29, 1.82) is 5.26 Å². The van der Waals surface area contributed by atoms with E-state index < -0.39 is 0 Å². The first kappa shape index (κ1) is 14.9. The molecule has 20 heavy (non-hydrogen) atoms. The van der Waals surface area contributed by atoms with Gasteiger partial charge in [0, 0.05) is 5.88 Å². The summed E-state index contributed by atoms with van der Waals surface area (Å²) in [6, 6.07) is 11.6. The summed E-state index contributed by atoms with van der Waals surface area (Å²) in [4.78, 5) is 0. The summed E-state index contributed by atoms with van der Waals surface area (Å²) in [6.45, 7) is 3.87. The Morgan fingerprint density at radius 1 is 1.20 bits per heavy atom. The lowest BCUT2D eigenvalue weighted by Gasteiger charge is -2.14. The molecule has 0 saturated heterocycles. The van der Waals surface area contributed by atoms with Gasteiger partial charge in [-0.25, -0.2) is 0 Å². The summed E-state index contributed by atoms with van der Waals surface area (Å²) in [7, 11) is 0. The van der Waals surface area contributed by atoms with E-state index in [4.69, 9.17) is 21.6 Å². The molecule has 0 amide bonds. The first-order chi connectivity index (χ1) is 9.55. The van der Waals surface area contributed by atoms with Gasteiger partial charge in [0.15, 0.2) is 0 Å². The van der Waals surface area contributed by atoms with Crippen LogP contribution in [-0.4, -0.2) is 0 Å². The molecule has 0 aliphatic rings. The first-order valence-electron chi connectivity index (χ1n) is 6.08. The molecule has 0 heterocycles. The smallest absolute Gasteiger partial charge is 0.141 e. The lowest BCUT2D eigenvalue weighted by atomic mass is 10.1. The number of aryl methyl sites for hydroxylation is 2. The van der Waals surface area contributed by atoms with Gasteiger partial charge in [-0.2, -0.15) is 5.26 Å². The van der Waals surface area contributed by atoms with Crippen molar-refractivity contribution in [2.24, 2.45) is 0 Å². The molecule has 0 aliphatic carbocycles. The third kappa shape index (κ3) is 3.15. The van der Waals surface area contributed by atoms with Crippen molar-refractivity contribution >= 4 is 27.5 Å². The van der Waals surface area contributed by atoms with Crippen molar-refractivity contribution in [2.75, 3.05) is 0 Å². The first-order valence-corrected chi connectivity index (χ1v) is 7.41. The topological polar surface area (TPSA) is 33.0 Å². The van der Waals surface area contributed by atoms with Crippen molar-refractivity contribution < 1.29 is 4.74 Å². The molecule has 2 aromatic carbocycles. The standard InChI is InChI=1S/C16H13BrClNO/c1-10-5-13(9-19)6-11(2)16(10)20-15-4-3-12(8-18)7-14(15)17/h3-7H,8H2,1-2H3. The van der Waals surface area contributed by atoms with Crippen LogP contribution < -0.4 is 4.74 Å². The van der Waals surface area contributed by atoms with Crippen LogP contribution in [0.1, 0.15) is 22.3 Å². The summed E-state index contributed by atoms with van der Waals surface area (Å²) in [5.74, 6) is 1.98. The maximum Gasteiger partial charge on any atom is 0.141 e. The van der Waals surface area contributed by atoms with E-state index in [0.717, 1.165) is 32.7 Å². The van der Waals surface area contributed by atoms with E-state index in [9.17, 15) is 0 Å². The number of benzene rings is 2. The molecule has 0 saturated carbocycles. The Morgan fingerprint density at radius 3 is 2.35 bits per heavy atom. The maximum atomic E-state index is 8.96. The minimum atomic E-state index is 0.466. The minimum Gasteiger partial charge on any atom is -0.456 e. The Morgan fingerprint density at radius 2 is 1.85 bits per heavy atom. The zero-order valence-corrected chi connectivity index (χ0v) is 13.5. The molecule has 0 radical (unpaired) electrons. The normalized spacial score (nSPS) is 10.2. The fraction of sp³-hybridized carbons (Fsp3) is 0.188. The summed E-state index contributed by atoms with van der Waals surface area (Å²) in [5, 5.41) is 8.96. The molecular formula is C16H13BrClNO. The zero-order chi connectivity index (χ0) is 14.7. The molecule has 2 nitrogen and oxygen atoms in total. The average Bonchev–Trinajstić information content (AvgIpc) is 2.43. The van der Waals surface area contributed by atoms with E-state index >= 15 is 0 Å². The molecule has 0 fully saturated rings. The molecule has 0 unspecified atom stereocenters. The van der Waals surface area contributed by atoms with Crippen molar-refractivity contribution in [2.45, 2.75) is 19.7 Å². The Bertz CT molecular complexity index is 668. The average molecular weight is 351 g/mol. The van der Waals surface area contributed by atoms with Crippen molar-refractivity contribution in [3.63, 3.8) is 0 Å². The highest BCUT2D eigenvalue weighted by Gasteiger charge is 2.10. The summed E-state index contributed by atoms with van der Waals surface area (Å²) in [5.41, 5.74) is 3.55. The maximum absolute atomic E-state index is 8.96. The van der Waals surface area contributed by atoms with Crippen LogP contribution in [0.15, 0.2) is 34.8 Å². The molecule has 2 rings (SSSR count). The van der Waals surface area contributed by atoms with Gasteiger partial charge in [-0.05, 0) is 70.7 Å². The zero-order valence-electron chi connectivity index (χ0n) is 11.2. The van der Waals surface area contributed by atoms with Crippen LogP contribution >= 0.6 is 27.5 Å². The van der Waals surface area contributed by atoms with Gasteiger partial charge in [0.1, 0.15) is 11.5 Å². The van der Waals surface area contributed by atoms with Crippen LogP contribution in [0, 0.1) is 25.2 Å². The van der Waals surface area contributed by atoms with Crippen LogP contribution in [-0.2, 0) is 5.88 Å². The Labute approximate surface area is 132 Å². The highest BCUT2D eigenvalue weighted by molar-refractivity contribution is 9.10. The molecule has 0 aromatic heterocycles. The van der Waals surface area contributed by atoms with Crippen LogP contribution in [0.25, 0.3) is 0 Å². The second kappa shape index (κ2) is 6.30. The number of hydrogen-bond donors (Lipinski definition) is 0. The van der Waals surface area contributed by atoms with E-state index in [1.165, 1.54) is 0 Å². The number of halogens is 2. The summed E-state index contributed by atoms with van der Waals surface area (Å²) < 4.78 is 6.83. The molecule has 0 aliphatic heterocycles. The largest absolute Gasteiger partial charge is 0.456 e. The number of ether oxygens (including phenoxy) is 1. The van der Waals surface area contributed by atoms with E-state index in [1.807, 2.05) is 44.2 Å². The van der Waals surface area contributed by atoms with Crippen LogP contribution in [0.2, 0.25) is 0 Å². The predicted octanol–water partition coefficient (Wildman–Crippen LogP) is 5.47. The van der Waals surface area contributed by atoms with Crippen molar-refractivity contribution in [3.8, 4) is 17.6 Å². The number of nitrogens with zero attached hydrogens (tertiary/aromatic N) is 1. The van der Waals surface area contributed by atoms with E-state index in [1.54, 1.807) is 0 Å². The molecule has 2 aromatic rings. The van der Waals surface area contributed by atoms with Gasteiger partial charge < -0.3 is 4.74 Å². The molecule has 0 atom stereocenters. The van der Waals surface area contributed by atoms with Gasteiger partial charge in [-0.3, -0.25) is 0 Å². The lowest BCUT2D eigenvalue weighted by molar-refractivity contribution is 0.472. The molecular weight excluding hydrogens is 338 g/mol. The van der Waals surface area contributed by atoms with Gasteiger partial charge in [0.25, 0.3) is 0 Å². The van der Waals surface area contributed by atoms with Gasteiger partial charge in [-0.1, -0.05) is 6.07 Å². The van der Waals surface area contributed by atoms with Crippen LogP contribution in [0.3, 0.4) is 0 Å². The van der Waals surface area contributed by atoms with Gasteiger partial charge in [-0.15, -0.1) is 11.6 Å². The number of hydrogen-bond acceptors (Lipinski definition) is 2. The third-order valence-electron chi connectivity index (χ3n) is 2.95.